The number of nitrogens with one attached hydrogen (secondary N) is 2. The van der Waals surface area contributed by atoms with Gasteiger partial charge in [-0.3, -0.25) is 9.59 Å². The van der Waals surface area contributed by atoms with Gasteiger partial charge in [0.1, 0.15) is 5.82 Å². The first-order valence-electron chi connectivity index (χ1n) is 7.95. The second-order valence-corrected chi connectivity index (χ2v) is 6.40. The molecule has 0 bridgehead atoms. The van der Waals surface area contributed by atoms with E-state index in [0.29, 0.717) is 12.0 Å². The Balaban J connectivity index is 2.06. The lowest BCUT2D eigenvalue weighted by molar-refractivity contribution is -0.116. The molecule has 2 N–H and O–H groups in total. The summed E-state index contributed by atoms with van der Waals surface area (Å²) in [7, 11) is 1.73. The van der Waals surface area contributed by atoms with Crippen LogP contribution in [-0.2, 0) is 4.79 Å². The first-order valence-corrected chi connectivity index (χ1v) is 7.95. The van der Waals surface area contributed by atoms with E-state index in [1.165, 1.54) is 12.1 Å². The van der Waals surface area contributed by atoms with Crippen LogP contribution in [0.3, 0.4) is 0 Å². The lowest BCUT2D eigenvalue weighted by Gasteiger charge is -2.24. The maximum Gasteiger partial charge on any atom is 0.253 e. The van der Waals surface area contributed by atoms with Crippen LogP contribution in [0.5, 0.6) is 0 Å². The van der Waals surface area contributed by atoms with Crippen molar-refractivity contribution in [2.75, 3.05) is 25.5 Å². The molecule has 1 heterocycles. The zero-order valence-corrected chi connectivity index (χ0v) is 13.9. The Bertz CT molecular complexity index is 583. The number of carbonyl (C=O) groups excluding carboxylic acids is 2. The monoisotopic (exact) mass is 321 g/mol. The van der Waals surface area contributed by atoms with Crippen molar-refractivity contribution in [1.82, 2.24) is 10.2 Å². The Kier molecular flexibility index (Phi) is 5.71. The van der Waals surface area contributed by atoms with Crippen LogP contribution in [0.2, 0.25) is 0 Å². The summed E-state index contributed by atoms with van der Waals surface area (Å²) in [4.78, 5) is 25.8. The molecule has 23 heavy (non-hydrogen) atoms. The topological polar surface area (TPSA) is 61.4 Å². The zero-order valence-electron chi connectivity index (χ0n) is 13.9. The molecule has 6 heteroatoms. The van der Waals surface area contributed by atoms with Gasteiger partial charge in [-0.15, -0.1) is 0 Å². The molecule has 2 amide bonds. The molecule has 0 spiro atoms. The van der Waals surface area contributed by atoms with E-state index in [-0.39, 0.29) is 29.5 Å². The summed E-state index contributed by atoms with van der Waals surface area (Å²) in [5, 5.41) is 5.74. The van der Waals surface area contributed by atoms with Gasteiger partial charge in [0.25, 0.3) is 5.91 Å². The quantitative estimate of drug-likeness (QED) is 0.874. The first kappa shape index (κ1) is 17.4. The average Bonchev–Trinajstić information content (AvgIpc) is 3.01. The largest absolute Gasteiger partial charge is 0.337 e. The molecule has 126 valence electrons. The average molecular weight is 321 g/mol. The van der Waals surface area contributed by atoms with Gasteiger partial charge < -0.3 is 15.5 Å². The molecule has 0 saturated carbocycles. The fraction of sp³-hybridized carbons (Fsp3) is 0.529. The fourth-order valence-electron chi connectivity index (χ4n) is 2.66. The van der Waals surface area contributed by atoms with Crippen molar-refractivity contribution >= 4 is 17.5 Å². The Morgan fingerprint density at radius 2 is 2.17 bits per heavy atom. The Morgan fingerprint density at radius 1 is 1.43 bits per heavy atom. The molecule has 1 saturated heterocycles. The minimum Gasteiger partial charge on any atom is -0.337 e. The number of amides is 2. The number of halogens is 1. The fourth-order valence-corrected chi connectivity index (χ4v) is 2.66. The summed E-state index contributed by atoms with van der Waals surface area (Å²) in [6, 6.07) is 4.32. The molecule has 2 rings (SSSR count). The molecule has 0 aromatic heterocycles. The Labute approximate surface area is 136 Å². The molecule has 1 aliphatic rings. The van der Waals surface area contributed by atoms with Crippen LogP contribution in [-0.4, -0.2) is 42.9 Å². The van der Waals surface area contributed by atoms with Crippen LogP contribution in [0.15, 0.2) is 18.2 Å². The first-order chi connectivity index (χ1) is 10.9. The van der Waals surface area contributed by atoms with Crippen LogP contribution >= 0.6 is 0 Å². The van der Waals surface area contributed by atoms with Gasteiger partial charge in [-0.25, -0.2) is 4.39 Å². The SMILES string of the molecule is CC(C)CC(=O)Nc1ccc(C(=O)N(C)C2CCNC2)cc1F. The summed E-state index contributed by atoms with van der Waals surface area (Å²) < 4.78 is 14.2. The third-order valence-electron chi connectivity index (χ3n) is 3.99. The zero-order chi connectivity index (χ0) is 17.0. The highest BCUT2D eigenvalue weighted by molar-refractivity contribution is 5.96. The summed E-state index contributed by atoms with van der Waals surface area (Å²) in [5.41, 5.74) is 0.399. The Morgan fingerprint density at radius 3 is 2.74 bits per heavy atom. The summed E-state index contributed by atoms with van der Waals surface area (Å²) in [6.07, 6.45) is 1.23. The Hall–Kier alpha value is -1.95. The normalized spacial score (nSPS) is 17.3. The molecule has 0 aliphatic carbocycles. The molecule has 5 nitrogen and oxygen atoms in total. The van der Waals surface area contributed by atoms with E-state index in [1.54, 1.807) is 18.0 Å². The van der Waals surface area contributed by atoms with Crippen LogP contribution < -0.4 is 10.6 Å². The smallest absolute Gasteiger partial charge is 0.253 e. The lowest BCUT2D eigenvalue weighted by Crippen LogP contribution is -2.38. The molecular formula is C17H24FN3O2. The van der Waals surface area contributed by atoms with Gasteiger partial charge in [0.2, 0.25) is 5.91 Å². The summed E-state index contributed by atoms with van der Waals surface area (Å²) in [5.74, 6) is -0.830. The minimum absolute atomic E-state index is 0.109. The van der Waals surface area contributed by atoms with Gasteiger partial charge in [0, 0.05) is 31.6 Å². The van der Waals surface area contributed by atoms with E-state index in [9.17, 15) is 14.0 Å². The number of nitrogens with zero attached hydrogens (tertiary/aromatic N) is 1. The lowest BCUT2D eigenvalue weighted by atomic mass is 10.1. The molecule has 1 unspecified atom stereocenters. The van der Waals surface area contributed by atoms with Crippen LogP contribution in [0, 0.1) is 11.7 Å². The standard InChI is InChI=1S/C17H24FN3O2/c1-11(2)8-16(22)20-15-5-4-12(9-14(15)18)17(23)21(3)13-6-7-19-10-13/h4-5,9,11,13,19H,6-8,10H2,1-3H3,(H,20,22). The van der Waals surface area contributed by atoms with Crippen molar-refractivity contribution in [3.05, 3.63) is 29.6 Å². The summed E-state index contributed by atoms with van der Waals surface area (Å²) in [6.45, 7) is 5.49. The maximum absolute atomic E-state index is 14.2. The van der Waals surface area contributed by atoms with E-state index >= 15 is 0 Å². The van der Waals surface area contributed by atoms with E-state index in [0.717, 1.165) is 19.5 Å². The van der Waals surface area contributed by atoms with Gasteiger partial charge in [0.05, 0.1) is 5.69 Å². The van der Waals surface area contributed by atoms with Crippen molar-refractivity contribution in [3.63, 3.8) is 0 Å². The predicted molar refractivity (Wildman–Crippen MR) is 87.9 cm³/mol. The number of carbonyl (C=O) groups is 2. The molecule has 1 aromatic carbocycles. The van der Waals surface area contributed by atoms with Crippen LogP contribution in [0.4, 0.5) is 10.1 Å². The van der Waals surface area contributed by atoms with Crippen molar-refractivity contribution in [1.29, 1.82) is 0 Å². The molecule has 1 fully saturated rings. The predicted octanol–water partition coefficient (Wildman–Crippen LogP) is 2.24. The second kappa shape index (κ2) is 7.55. The van der Waals surface area contributed by atoms with Gasteiger partial charge in [-0.1, -0.05) is 13.8 Å². The number of hydrogen-bond acceptors (Lipinski definition) is 3. The van der Waals surface area contributed by atoms with E-state index in [2.05, 4.69) is 10.6 Å². The molecule has 0 radical (unpaired) electrons. The van der Waals surface area contributed by atoms with E-state index in [1.807, 2.05) is 13.8 Å². The van der Waals surface area contributed by atoms with E-state index in [4.69, 9.17) is 0 Å². The minimum atomic E-state index is -0.592. The van der Waals surface area contributed by atoms with Gasteiger partial charge in [0.15, 0.2) is 0 Å². The van der Waals surface area contributed by atoms with Crippen molar-refractivity contribution in [3.8, 4) is 0 Å². The number of anilines is 1. The van der Waals surface area contributed by atoms with E-state index < -0.39 is 5.82 Å². The highest BCUT2D eigenvalue weighted by Crippen LogP contribution is 2.19. The van der Waals surface area contributed by atoms with Crippen molar-refractivity contribution in [2.45, 2.75) is 32.7 Å². The van der Waals surface area contributed by atoms with Crippen LogP contribution in [0.25, 0.3) is 0 Å². The molecule has 1 aromatic rings. The van der Waals surface area contributed by atoms with Gasteiger partial charge in [-0.2, -0.15) is 0 Å². The number of benzene rings is 1. The number of likely N-dealkylation sites (N-methyl/N-ethyl adjacent to an activating group) is 1. The second-order valence-electron chi connectivity index (χ2n) is 6.40. The molecule has 1 aliphatic heterocycles. The number of rotatable bonds is 5. The third-order valence-corrected chi connectivity index (χ3v) is 3.99. The van der Waals surface area contributed by atoms with Crippen LogP contribution in [0.1, 0.15) is 37.0 Å². The van der Waals surface area contributed by atoms with Crippen molar-refractivity contribution in [2.24, 2.45) is 5.92 Å². The van der Waals surface area contributed by atoms with Gasteiger partial charge >= 0.3 is 0 Å². The molecular weight excluding hydrogens is 297 g/mol. The highest BCUT2D eigenvalue weighted by atomic mass is 19.1. The van der Waals surface area contributed by atoms with Gasteiger partial charge in [-0.05, 0) is 37.1 Å². The number of hydrogen-bond donors (Lipinski definition) is 2. The third kappa shape index (κ3) is 4.51. The maximum atomic E-state index is 14.2. The van der Waals surface area contributed by atoms with Crippen molar-refractivity contribution < 1.29 is 14.0 Å². The summed E-state index contributed by atoms with van der Waals surface area (Å²) >= 11 is 0. The molecule has 1 atom stereocenters. The highest BCUT2D eigenvalue weighted by Gasteiger charge is 2.24.